The highest BCUT2D eigenvalue weighted by Gasteiger charge is 2.08. The molecular formula is C9H20ClNO2. The van der Waals surface area contributed by atoms with Gasteiger partial charge in [0.05, 0.1) is 12.7 Å². The second kappa shape index (κ2) is 8.75. The first-order valence-electron chi connectivity index (χ1n) is 4.54. The minimum absolute atomic E-state index is 0.250. The molecule has 0 fully saturated rings. The van der Waals surface area contributed by atoms with Crippen molar-refractivity contribution in [1.82, 2.24) is 4.90 Å². The van der Waals surface area contributed by atoms with E-state index in [2.05, 4.69) is 4.90 Å². The fraction of sp³-hybridized carbons (Fsp3) is 1.00. The van der Waals surface area contributed by atoms with Crippen LogP contribution in [0, 0.1) is 0 Å². The fourth-order valence-electron chi connectivity index (χ4n) is 1.07. The van der Waals surface area contributed by atoms with E-state index in [1.54, 1.807) is 14.2 Å². The fourth-order valence-corrected chi connectivity index (χ4v) is 1.31. The van der Waals surface area contributed by atoms with Gasteiger partial charge in [-0.05, 0) is 6.92 Å². The van der Waals surface area contributed by atoms with Crippen LogP contribution in [0.3, 0.4) is 0 Å². The Morgan fingerprint density at radius 2 is 2.00 bits per heavy atom. The molecule has 0 saturated carbocycles. The summed E-state index contributed by atoms with van der Waals surface area (Å²) in [5.41, 5.74) is 0. The first kappa shape index (κ1) is 13.2. The summed E-state index contributed by atoms with van der Waals surface area (Å²) in [5, 5.41) is 0. The van der Waals surface area contributed by atoms with Crippen LogP contribution in [0.5, 0.6) is 0 Å². The Morgan fingerprint density at radius 3 is 2.46 bits per heavy atom. The summed E-state index contributed by atoms with van der Waals surface area (Å²) in [5.74, 6) is 0.653. The predicted octanol–water partition coefficient (Wildman–Crippen LogP) is 1.21. The van der Waals surface area contributed by atoms with Crippen molar-refractivity contribution < 1.29 is 9.47 Å². The third-order valence-corrected chi connectivity index (χ3v) is 2.10. The van der Waals surface area contributed by atoms with E-state index in [1.807, 2.05) is 6.92 Å². The molecule has 0 aromatic carbocycles. The smallest absolute Gasteiger partial charge is 0.0670 e. The van der Waals surface area contributed by atoms with Crippen molar-refractivity contribution in [3.05, 3.63) is 0 Å². The van der Waals surface area contributed by atoms with Crippen LogP contribution in [0.4, 0.5) is 0 Å². The number of nitrogens with zero attached hydrogens (tertiary/aromatic N) is 1. The molecule has 0 aliphatic carbocycles. The predicted molar refractivity (Wildman–Crippen MR) is 55.5 cm³/mol. The average Bonchev–Trinajstić information content (AvgIpc) is 2.14. The van der Waals surface area contributed by atoms with Gasteiger partial charge < -0.3 is 9.47 Å². The Labute approximate surface area is 85.9 Å². The lowest BCUT2D eigenvalue weighted by atomic mass is 10.3. The standard InChI is InChI=1S/C9H20ClNO2/c1-9(13-3)8-11(5-4-10)6-7-12-2/h9H,4-8H2,1-3H3. The highest BCUT2D eigenvalue weighted by Crippen LogP contribution is 1.96. The van der Waals surface area contributed by atoms with Gasteiger partial charge in [0.1, 0.15) is 0 Å². The Hall–Kier alpha value is 0.170. The number of hydrogen-bond donors (Lipinski definition) is 0. The summed E-state index contributed by atoms with van der Waals surface area (Å²) in [7, 11) is 3.43. The third kappa shape index (κ3) is 7.26. The molecule has 3 nitrogen and oxygen atoms in total. The zero-order chi connectivity index (χ0) is 10.1. The molecule has 0 spiro atoms. The number of methoxy groups -OCH3 is 2. The van der Waals surface area contributed by atoms with E-state index >= 15 is 0 Å². The highest BCUT2D eigenvalue weighted by molar-refractivity contribution is 6.18. The molecule has 0 bridgehead atoms. The van der Waals surface area contributed by atoms with Crippen LogP contribution in [0.15, 0.2) is 0 Å². The molecule has 4 heteroatoms. The van der Waals surface area contributed by atoms with Crippen LogP contribution in [0.25, 0.3) is 0 Å². The summed E-state index contributed by atoms with van der Waals surface area (Å²) in [6.07, 6.45) is 0.250. The van der Waals surface area contributed by atoms with Crippen LogP contribution in [0.2, 0.25) is 0 Å². The zero-order valence-corrected chi connectivity index (χ0v) is 9.51. The maximum atomic E-state index is 5.68. The van der Waals surface area contributed by atoms with Crippen molar-refractivity contribution in [2.24, 2.45) is 0 Å². The third-order valence-electron chi connectivity index (χ3n) is 1.93. The van der Waals surface area contributed by atoms with Crippen LogP contribution in [-0.4, -0.2) is 57.3 Å². The van der Waals surface area contributed by atoms with Gasteiger partial charge in [0, 0.05) is 39.7 Å². The lowest BCUT2D eigenvalue weighted by Gasteiger charge is -2.23. The molecule has 80 valence electrons. The van der Waals surface area contributed by atoms with Gasteiger partial charge in [-0.2, -0.15) is 0 Å². The number of halogens is 1. The van der Waals surface area contributed by atoms with Crippen LogP contribution < -0.4 is 0 Å². The second-order valence-electron chi connectivity index (χ2n) is 3.03. The first-order chi connectivity index (χ1) is 6.24. The van der Waals surface area contributed by atoms with Crippen LogP contribution in [0.1, 0.15) is 6.92 Å². The summed E-state index contributed by atoms with van der Waals surface area (Å²) in [4.78, 5) is 2.24. The molecule has 0 aromatic rings. The number of ether oxygens (including phenoxy) is 2. The van der Waals surface area contributed by atoms with Gasteiger partial charge in [-0.3, -0.25) is 4.90 Å². The molecule has 1 unspecified atom stereocenters. The molecule has 1 atom stereocenters. The topological polar surface area (TPSA) is 21.7 Å². The van der Waals surface area contributed by atoms with Crippen molar-refractivity contribution in [2.45, 2.75) is 13.0 Å². The maximum absolute atomic E-state index is 5.68. The van der Waals surface area contributed by atoms with E-state index in [9.17, 15) is 0 Å². The molecule has 0 N–H and O–H groups in total. The SMILES string of the molecule is COCCN(CCCl)CC(C)OC. The minimum atomic E-state index is 0.250. The van der Waals surface area contributed by atoms with E-state index in [0.717, 1.165) is 26.2 Å². The summed E-state index contributed by atoms with van der Waals surface area (Å²) in [6, 6.07) is 0. The molecule has 0 aliphatic rings. The van der Waals surface area contributed by atoms with E-state index in [0.29, 0.717) is 5.88 Å². The molecule has 0 heterocycles. The summed E-state index contributed by atoms with van der Waals surface area (Å²) < 4.78 is 10.2. The monoisotopic (exact) mass is 209 g/mol. The molecule has 0 radical (unpaired) electrons. The highest BCUT2D eigenvalue weighted by atomic mass is 35.5. The van der Waals surface area contributed by atoms with Gasteiger partial charge in [-0.1, -0.05) is 0 Å². The van der Waals surface area contributed by atoms with Crippen molar-refractivity contribution in [3.63, 3.8) is 0 Å². The first-order valence-corrected chi connectivity index (χ1v) is 5.08. The van der Waals surface area contributed by atoms with Gasteiger partial charge in [-0.25, -0.2) is 0 Å². The quantitative estimate of drug-likeness (QED) is 0.561. The average molecular weight is 210 g/mol. The molecule has 0 amide bonds. The van der Waals surface area contributed by atoms with Crippen molar-refractivity contribution >= 4 is 11.6 Å². The zero-order valence-electron chi connectivity index (χ0n) is 8.75. The van der Waals surface area contributed by atoms with Gasteiger partial charge in [0.2, 0.25) is 0 Å². The number of rotatable bonds is 8. The Balaban J connectivity index is 3.65. The van der Waals surface area contributed by atoms with Gasteiger partial charge in [0.15, 0.2) is 0 Å². The van der Waals surface area contributed by atoms with Gasteiger partial charge >= 0.3 is 0 Å². The van der Waals surface area contributed by atoms with Crippen LogP contribution >= 0.6 is 11.6 Å². The van der Waals surface area contributed by atoms with E-state index in [-0.39, 0.29) is 6.10 Å². The molecular weight excluding hydrogens is 190 g/mol. The molecule has 0 rings (SSSR count). The summed E-state index contributed by atoms with van der Waals surface area (Å²) >= 11 is 5.68. The largest absolute Gasteiger partial charge is 0.383 e. The Bertz CT molecular complexity index is 114. The molecule has 0 saturated heterocycles. The van der Waals surface area contributed by atoms with Crippen LogP contribution in [-0.2, 0) is 9.47 Å². The van der Waals surface area contributed by atoms with Crippen molar-refractivity contribution in [2.75, 3.05) is 46.3 Å². The normalized spacial score (nSPS) is 13.6. The van der Waals surface area contributed by atoms with E-state index < -0.39 is 0 Å². The lowest BCUT2D eigenvalue weighted by Crippen LogP contribution is -2.35. The minimum Gasteiger partial charge on any atom is -0.383 e. The molecule has 0 aromatic heterocycles. The second-order valence-corrected chi connectivity index (χ2v) is 3.41. The summed E-state index contributed by atoms with van der Waals surface area (Å²) in [6.45, 7) is 5.50. The van der Waals surface area contributed by atoms with E-state index in [4.69, 9.17) is 21.1 Å². The van der Waals surface area contributed by atoms with Crippen molar-refractivity contribution in [3.8, 4) is 0 Å². The van der Waals surface area contributed by atoms with Crippen molar-refractivity contribution in [1.29, 1.82) is 0 Å². The Morgan fingerprint density at radius 1 is 1.31 bits per heavy atom. The molecule has 0 aliphatic heterocycles. The van der Waals surface area contributed by atoms with E-state index in [1.165, 1.54) is 0 Å². The number of alkyl halides is 1. The molecule has 13 heavy (non-hydrogen) atoms. The van der Waals surface area contributed by atoms with Gasteiger partial charge in [0.25, 0.3) is 0 Å². The lowest BCUT2D eigenvalue weighted by molar-refractivity contribution is 0.0670. The Kier molecular flexibility index (Phi) is 8.87. The van der Waals surface area contributed by atoms with Gasteiger partial charge in [-0.15, -0.1) is 11.6 Å². The maximum Gasteiger partial charge on any atom is 0.0670 e. The number of hydrogen-bond acceptors (Lipinski definition) is 3.